The number of hydrogen-bond donors (Lipinski definition) is 0. The summed E-state index contributed by atoms with van der Waals surface area (Å²) in [5.41, 5.74) is 1.23. The Balaban J connectivity index is 2.01. The normalized spacial score (nSPS) is 28.1. The standard InChI is InChI=1S/C17H25IO2/c1-12-7-8-16(9-13(12)2)20-17(11-18)14-5-4-6-15(10-14)19-3/h4-6,10,12-13,16-17H,7-9,11H2,1-3H3. The van der Waals surface area contributed by atoms with Crippen molar-refractivity contribution < 1.29 is 9.47 Å². The van der Waals surface area contributed by atoms with Crippen molar-refractivity contribution in [2.24, 2.45) is 11.8 Å². The molecule has 2 nitrogen and oxygen atoms in total. The Morgan fingerprint density at radius 1 is 1.25 bits per heavy atom. The largest absolute Gasteiger partial charge is 0.497 e. The summed E-state index contributed by atoms with van der Waals surface area (Å²) in [5, 5.41) is 0. The lowest BCUT2D eigenvalue weighted by atomic mass is 9.80. The van der Waals surface area contributed by atoms with E-state index in [0.717, 1.165) is 22.0 Å². The molecule has 0 heterocycles. The molecule has 2 rings (SSSR count). The highest BCUT2D eigenvalue weighted by molar-refractivity contribution is 14.1. The third-order valence-electron chi connectivity index (χ3n) is 4.51. The minimum Gasteiger partial charge on any atom is -0.497 e. The molecule has 1 aromatic carbocycles. The molecule has 1 saturated carbocycles. The Bertz CT molecular complexity index is 421. The van der Waals surface area contributed by atoms with Crippen LogP contribution in [0.25, 0.3) is 0 Å². The van der Waals surface area contributed by atoms with Crippen LogP contribution in [-0.4, -0.2) is 17.6 Å². The average Bonchev–Trinajstić information content (AvgIpc) is 2.48. The zero-order valence-corrected chi connectivity index (χ0v) is 14.8. The van der Waals surface area contributed by atoms with E-state index in [-0.39, 0.29) is 6.10 Å². The summed E-state index contributed by atoms with van der Waals surface area (Å²) in [6.45, 7) is 4.71. The van der Waals surface area contributed by atoms with Crippen LogP contribution in [0.1, 0.15) is 44.8 Å². The zero-order chi connectivity index (χ0) is 14.5. The number of hydrogen-bond acceptors (Lipinski definition) is 2. The van der Waals surface area contributed by atoms with Gasteiger partial charge in [0.05, 0.1) is 19.3 Å². The number of ether oxygens (including phenoxy) is 2. The highest BCUT2D eigenvalue weighted by Gasteiger charge is 2.27. The first-order chi connectivity index (χ1) is 9.63. The van der Waals surface area contributed by atoms with Crippen LogP contribution in [0.5, 0.6) is 5.75 Å². The number of rotatable bonds is 5. The first-order valence-corrected chi connectivity index (χ1v) is 9.02. The Hall–Kier alpha value is -0.290. The maximum Gasteiger partial charge on any atom is 0.119 e. The van der Waals surface area contributed by atoms with Crippen LogP contribution in [0.15, 0.2) is 24.3 Å². The Morgan fingerprint density at radius 2 is 2.05 bits per heavy atom. The molecule has 0 spiro atoms. The maximum atomic E-state index is 6.38. The predicted molar refractivity (Wildman–Crippen MR) is 91.7 cm³/mol. The SMILES string of the molecule is COc1cccc(C(CI)OC2CCC(C)C(C)C2)c1. The van der Waals surface area contributed by atoms with Crippen molar-refractivity contribution in [2.75, 3.05) is 11.5 Å². The lowest BCUT2D eigenvalue weighted by molar-refractivity contribution is -0.0377. The van der Waals surface area contributed by atoms with Crippen molar-refractivity contribution in [3.63, 3.8) is 0 Å². The maximum absolute atomic E-state index is 6.38. The molecule has 3 heteroatoms. The van der Waals surface area contributed by atoms with Crippen LogP contribution >= 0.6 is 22.6 Å². The van der Waals surface area contributed by atoms with E-state index in [4.69, 9.17) is 9.47 Å². The number of methoxy groups -OCH3 is 1. The minimum absolute atomic E-state index is 0.177. The van der Waals surface area contributed by atoms with Crippen molar-refractivity contribution in [1.82, 2.24) is 0 Å². The molecular formula is C17H25IO2. The fourth-order valence-corrected chi connectivity index (χ4v) is 3.62. The summed E-state index contributed by atoms with van der Waals surface area (Å²) in [4.78, 5) is 0. The highest BCUT2D eigenvalue weighted by atomic mass is 127. The van der Waals surface area contributed by atoms with Gasteiger partial charge in [0.2, 0.25) is 0 Å². The molecule has 112 valence electrons. The summed E-state index contributed by atoms with van der Waals surface area (Å²) in [7, 11) is 1.71. The molecule has 0 amide bonds. The molecule has 1 fully saturated rings. The molecule has 4 atom stereocenters. The van der Waals surface area contributed by atoms with Gasteiger partial charge in [-0.1, -0.05) is 48.6 Å². The lowest BCUT2D eigenvalue weighted by Crippen LogP contribution is -2.28. The van der Waals surface area contributed by atoms with Gasteiger partial charge in [0.1, 0.15) is 5.75 Å². The lowest BCUT2D eigenvalue weighted by Gasteiger charge is -2.34. The molecule has 4 unspecified atom stereocenters. The zero-order valence-electron chi connectivity index (χ0n) is 12.6. The third kappa shape index (κ3) is 4.10. The van der Waals surface area contributed by atoms with E-state index in [1.807, 2.05) is 12.1 Å². The van der Waals surface area contributed by atoms with Gasteiger partial charge >= 0.3 is 0 Å². The van der Waals surface area contributed by atoms with Gasteiger partial charge in [-0.15, -0.1) is 0 Å². The Kier molecular flexibility index (Phi) is 6.15. The van der Waals surface area contributed by atoms with Gasteiger partial charge in [-0.05, 0) is 48.8 Å². The number of benzene rings is 1. The molecule has 0 aliphatic heterocycles. The molecule has 0 bridgehead atoms. The fraction of sp³-hybridized carbons (Fsp3) is 0.647. The molecule has 0 aromatic heterocycles. The second kappa shape index (κ2) is 7.64. The average molecular weight is 388 g/mol. The second-order valence-electron chi connectivity index (χ2n) is 5.95. The van der Waals surface area contributed by atoms with Gasteiger partial charge in [-0.25, -0.2) is 0 Å². The third-order valence-corrected chi connectivity index (χ3v) is 5.31. The first-order valence-electron chi connectivity index (χ1n) is 7.49. The van der Waals surface area contributed by atoms with Crippen molar-refractivity contribution >= 4 is 22.6 Å². The summed E-state index contributed by atoms with van der Waals surface area (Å²) >= 11 is 2.42. The molecule has 20 heavy (non-hydrogen) atoms. The van der Waals surface area contributed by atoms with E-state index < -0.39 is 0 Å². The van der Waals surface area contributed by atoms with Crippen LogP contribution in [-0.2, 0) is 4.74 Å². The monoisotopic (exact) mass is 388 g/mol. The van der Waals surface area contributed by atoms with Crippen molar-refractivity contribution in [3.05, 3.63) is 29.8 Å². The minimum atomic E-state index is 0.177. The van der Waals surface area contributed by atoms with Crippen LogP contribution < -0.4 is 4.74 Å². The summed E-state index contributed by atoms with van der Waals surface area (Å²) in [5.74, 6) is 2.52. The van der Waals surface area contributed by atoms with Gasteiger partial charge in [-0.2, -0.15) is 0 Å². The molecule has 1 aromatic rings. The molecule has 0 radical (unpaired) electrons. The predicted octanol–water partition coefficient (Wildman–Crippen LogP) is 5.01. The molecule has 0 N–H and O–H groups in total. The Labute approximate surface area is 136 Å². The van der Waals surface area contributed by atoms with Gasteiger partial charge in [0, 0.05) is 4.43 Å². The first kappa shape index (κ1) is 16.1. The summed E-state index contributed by atoms with van der Waals surface area (Å²) in [6, 6.07) is 8.26. The Morgan fingerprint density at radius 3 is 2.70 bits per heavy atom. The van der Waals surface area contributed by atoms with Crippen molar-refractivity contribution in [2.45, 2.75) is 45.3 Å². The van der Waals surface area contributed by atoms with Gasteiger partial charge in [0.15, 0.2) is 0 Å². The molecule has 1 aliphatic rings. The van der Waals surface area contributed by atoms with Crippen LogP contribution in [0.2, 0.25) is 0 Å². The fourth-order valence-electron chi connectivity index (χ4n) is 2.90. The van der Waals surface area contributed by atoms with E-state index in [1.165, 1.54) is 24.8 Å². The summed E-state index contributed by atoms with van der Waals surface area (Å²) in [6.07, 6.45) is 4.27. The molecule has 1 aliphatic carbocycles. The number of halogens is 1. The van der Waals surface area contributed by atoms with Gasteiger partial charge in [0.25, 0.3) is 0 Å². The summed E-state index contributed by atoms with van der Waals surface area (Å²) < 4.78 is 12.7. The smallest absolute Gasteiger partial charge is 0.119 e. The van der Waals surface area contributed by atoms with E-state index in [2.05, 4.69) is 48.6 Å². The van der Waals surface area contributed by atoms with Gasteiger partial charge in [-0.3, -0.25) is 0 Å². The van der Waals surface area contributed by atoms with E-state index in [0.29, 0.717) is 6.10 Å². The van der Waals surface area contributed by atoms with Crippen molar-refractivity contribution in [1.29, 1.82) is 0 Å². The van der Waals surface area contributed by atoms with Crippen LogP contribution in [0, 0.1) is 11.8 Å². The van der Waals surface area contributed by atoms with Crippen LogP contribution in [0.3, 0.4) is 0 Å². The van der Waals surface area contributed by atoms with Crippen molar-refractivity contribution in [3.8, 4) is 5.75 Å². The van der Waals surface area contributed by atoms with E-state index >= 15 is 0 Å². The second-order valence-corrected chi connectivity index (χ2v) is 6.83. The highest BCUT2D eigenvalue weighted by Crippen LogP contribution is 2.34. The molecule has 0 saturated heterocycles. The van der Waals surface area contributed by atoms with E-state index in [1.54, 1.807) is 7.11 Å². The number of alkyl halides is 1. The molecular weight excluding hydrogens is 363 g/mol. The van der Waals surface area contributed by atoms with E-state index in [9.17, 15) is 0 Å². The topological polar surface area (TPSA) is 18.5 Å². The van der Waals surface area contributed by atoms with Gasteiger partial charge < -0.3 is 9.47 Å². The van der Waals surface area contributed by atoms with Crippen LogP contribution in [0.4, 0.5) is 0 Å². The quantitative estimate of drug-likeness (QED) is 0.521.